The molecule has 2 aromatic rings. The summed E-state index contributed by atoms with van der Waals surface area (Å²) in [4.78, 5) is 3.70. The van der Waals surface area contributed by atoms with Crippen molar-refractivity contribution in [2.24, 2.45) is 0 Å². The Balaban J connectivity index is 2.86. The van der Waals surface area contributed by atoms with Crippen LogP contribution in [-0.2, 0) is 6.18 Å². The van der Waals surface area contributed by atoms with Crippen LogP contribution in [0.5, 0.6) is 11.5 Å². The summed E-state index contributed by atoms with van der Waals surface area (Å²) in [5.74, 6) is 0.694. The first-order valence-corrected chi connectivity index (χ1v) is 6.29. The monoisotopic (exact) mass is 300 g/mol. The van der Waals surface area contributed by atoms with Crippen LogP contribution in [0, 0.1) is 0 Å². The molecule has 0 amide bonds. The molecular formula is C14H15F3N2O2. The van der Waals surface area contributed by atoms with Gasteiger partial charge in [-0.15, -0.1) is 0 Å². The van der Waals surface area contributed by atoms with Crippen molar-refractivity contribution in [2.75, 3.05) is 26.1 Å². The van der Waals surface area contributed by atoms with Crippen LogP contribution in [0.15, 0.2) is 18.2 Å². The summed E-state index contributed by atoms with van der Waals surface area (Å²) >= 11 is 0. The predicted octanol–water partition coefficient (Wildman–Crippen LogP) is 3.70. The van der Waals surface area contributed by atoms with Crippen molar-refractivity contribution in [1.29, 1.82) is 0 Å². The Morgan fingerprint density at radius 2 is 1.76 bits per heavy atom. The second-order valence-electron chi connectivity index (χ2n) is 4.28. The van der Waals surface area contributed by atoms with Crippen LogP contribution in [0.25, 0.3) is 10.9 Å². The fraction of sp³-hybridized carbons (Fsp3) is 0.357. The first-order valence-electron chi connectivity index (χ1n) is 6.29. The van der Waals surface area contributed by atoms with Crippen molar-refractivity contribution in [3.8, 4) is 11.5 Å². The molecular weight excluding hydrogens is 285 g/mol. The van der Waals surface area contributed by atoms with Crippen LogP contribution >= 0.6 is 0 Å². The summed E-state index contributed by atoms with van der Waals surface area (Å²) in [6.45, 7) is 2.27. The van der Waals surface area contributed by atoms with Gasteiger partial charge in [-0.2, -0.15) is 13.2 Å². The molecule has 0 aliphatic heterocycles. The van der Waals surface area contributed by atoms with E-state index in [1.165, 1.54) is 20.3 Å². The fourth-order valence-electron chi connectivity index (χ4n) is 2.10. The van der Waals surface area contributed by atoms with Gasteiger partial charge in [0.05, 0.1) is 19.6 Å². The third kappa shape index (κ3) is 2.81. The minimum Gasteiger partial charge on any atom is -0.496 e. The Morgan fingerprint density at radius 3 is 2.29 bits per heavy atom. The molecule has 0 saturated heterocycles. The van der Waals surface area contributed by atoms with Gasteiger partial charge in [0.2, 0.25) is 0 Å². The first kappa shape index (κ1) is 15.2. The minimum atomic E-state index is -4.54. The average molecular weight is 300 g/mol. The van der Waals surface area contributed by atoms with E-state index in [0.717, 1.165) is 6.07 Å². The van der Waals surface area contributed by atoms with E-state index in [4.69, 9.17) is 9.47 Å². The molecule has 21 heavy (non-hydrogen) atoms. The van der Waals surface area contributed by atoms with Crippen molar-refractivity contribution in [1.82, 2.24) is 4.98 Å². The number of ether oxygens (including phenoxy) is 2. The molecule has 7 heteroatoms. The molecule has 1 heterocycles. The normalized spacial score (nSPS) is 11.5. The number of nitrogens with one attached hydrogen (secondary N) is 1. The molecule has 0 saturated carbocycles. The molecule has 0 aliphatic carbocycles. The summed E-state index contributed by atoms with van der Waals surface area (Å²) in [5, 5.41) is 3.38. The van der Waals surface area contributed by atoms with Gasteiger partial charge in [-0.3, -0.25) is 0 Å². The van der Waals surface area contributed by atoms with Gasteiger partial charge >= 0.3 is 6.18 Å². The quantitative estimate of drug-likeness (QED) is 0.935. The van der Waals surface area contributed by atoms with E-state index in [-0.39, 0.29) is 11.3 Å². The highest BCUT2D eigenvalue weighted by atomic mass is 19.4. The largest absolute Gasteiger partial charge is 0.496 e. The van der Waals surface area contributed by atoms with Gasteiger partial charge in [-0.05, 0) is 25.1 Å². The molecule has 1 aromatic carbocycles. The van der Waals surface area contributed by atoms with Crippen LogP contribution in [-0.4, -0.2) is 25.7 Å². The lowest BCUT2D eigenvalue weighted by Gasteiger charge is -2.16. The zero-order valence-corrected chi connectivity index (χ0v) is 11.8. The Kier molecular flexibility index (Phi) is 4.11. The Labute approximate surface area is 119 Å². The van der Waals surface area contributed by atoms with Gasteiger partial charge in [0.15, 0.2) is 0 Å². The van der Waals surface area contributed by atoms with E-state index in [1.807, 2.05) is 0 Å². The number of nitrogens with zero attached hydrogens (tertiary/aromatic N) is 1. The Morgan fingerprint density at radius 1 is 1.14 bits per heavy atom. The average Bonchev–Trinajstić information content (AvgIpc) is 2.45. The van der Waals surface area contributed by atoms with Crippen LogP contribution in [0.1, 0.15) is 12.6 Å². The topological polar surface area (TPSA) is 43.4 Å². The molecule has 1 N–H and O–H groups in total. The SMILES string of the molecule is CCNc1cc(C(F)(F)F)nc2c(OC)ccc(OC)c12. The maximum absolute atomic E-state index is 13.0. The molecule has 2 rings (SSSR count). The van der Waals surface area contributed by atoms with Gasteiger partial charge in [-0.25, -0.2) is 4.98 Å². The molecule has 1 aromatic heterocycles. The summed E-state index contributed by atoms with van der Waals surface area (Å²) < 4.78 is 49.3. The van der Waals surface area contributed by atoms with E-state index in [0.29, 0.717) is 23.4 Å². The van der Waals surface area contributed by atoms with Gasteiger partial charge in [-0.1, -0.05) is 0 Å². The molecule has 4 nitrogen and oxygen atoms in total. The Bertz CT molecular complexity index is 657. The number of aromatic nitrogens is 1. The number of pyridine rings is 1. The summed E-state index contributed by atoms with van der Waals surface area (Å²) in [7, 11) is 2.84. The standard InChI is InChI=1S/C14H15F3N2O2/c1-4-18-8-7-11(14(15,16)17)19-13-10(21-3)6-5-9(20-2)12(8)13/h5-7H,4H2,1-3H3,(H,18,19). The van der Waals surface area contributed by atoms with Crippen molar-refractivity contribution >= 4 is 16.6 Å². The number of hydrogen-bond donors (Lipinski definition) is 1. The number of rotatable bonds is 4. The lowest BCUT2D eigenvalue weighted by Crippen LogP contribution is -2.10. The lowest BCUT2D eigenvalue weighted by atomic mass is 10.1. The van der Waals surface area contributed by atoms with Crippen LogP contribution in [0.2, 0.25) is 0 Å². The van der Waals surface area contributed by atoms with Gasteiger partial charge in [0, 0.05) is 12.2 Å². The van der Waals surface area contributed by atoms with Crippen LogP contribution < -0.4 is 14.8 Å². The molecule has 114 valence electrons. The van der Waals surface area contributed by atoms with E-state index < -0.39 is 11.9 Å². The molecule has 0 spiro atoms. The van der Waals surface area contributed by atoms with E-state index >= 15 is 0 Å². The fourth-order valence-corrected chi connectivity index (χ4v) is 2.10. The third-order valence-corrected chi connectivity index (χ3v) is 2.98. The third-order valence-electron chi connectivity index (χ3n) is 2.98. The minimum absolute atomic E-state index is 0.114. The van der Waals surface area contributed by atoms with E-state index in [9.17, 15) is 13.2 Å². The highest BCUT2D eigenvalue weighted by Crippen LogP contribution is 2.40. The molecule has 0 radical (unpaired) electrons. The number of methoxy groups -OCH3 is 2. The highest BCUT2D eigenvalue weighted by Gasteiger charge is 2.34. The number of hydrogen-bond acceptors (Lipinski definition) is 4. The lowest BCUT2D eigenvalue weighted by molar-refractivity contribution is -0.140. The second-order valence-corrected chi connectivity index (χ2v) is 4.28. The van der Waals surface area contributed by atoms with Crippen molar-refractivity contribution in [3.05, 3.63) is 23.9 Å². The summed E-state index contributed by atoms with van der Waals surface area (Å²) in [6, 6.07) is 4.15. The summed E-state index contributed by atoms with van der Waals surface area (Å²) in [5.41, 5.74) is -0.550. The maximum atomic E-state index is 13.0. The number of fused-ring (bicyclic) bond motifs is 1. The van der Waals surface area contributed by atoms with Crippen LogP contribution in [0.3, 0.4) is 0 Å². The number of halogens is 3. The van der Waals surface area contributed by atoms with E-state index in [1.54, 1.807) is 13.0 Å². The number of anilines is 1. The van der Waals surface area contributed by atoms with Crippen molar-refractivity contribution in [2.45, 2.75) is 13.1 Å². The summed E-state index contributed by atoms with van der Waals surface area (Å²) in [6.07, 6.45) is -4.54. The molecule has 0 unspecified atom stereocenters. The van der Waals surface area contributed by atoms with Gasteiger partial charge in [0.1, 0.15) is 22.7 Å². The smallest absolute Gasteiger partial charge is 0.433 e. The number of alkyl halides is 3. The first-order chi connectivity index (χ1) is 9.92. The van der Waals surface area contributed by atoms with Crippen LogP contribution in [0.4, 0.5) is 18.9 Å². The zero-order chi connectivity index (χ0) is 15.6. The molecule has 0 bridgehead atoms. The molecule has 0 aliphatic rings. The maximum Gasteiger partial charge on any atom is 0.433 e. The number of benzene rings is 1. The molecule has 0 atom stereocenters. The molecule has 0 fully saturated rings. The predicted molar refractivity (Wildman–Crippen MR) is 74.0 cm³/mol. The highest BCUT2D eigenvalue weighted by molar-refractivity contribution is 6.00. The van der Waals surface area contributed by atoms with Gasteiger partial charge < -0.3 is 14.8 Å². The van der Waals surface area contributed by atoms with Crippen molar-refractivity contribution in [3.63, 3.8) is 0 Å². The Hall–Kier alpha value is -2.18. The second kappa shape index (κ2) is 5.67. The zero-order valence-electron chi connectivity index (χ0n) is 11.8. The van der Waals surface area contributed by atoms with Crippen molar-refractivity contribution < 1.29 is 22.6 Å². The van der Waals surface area contributed by atoms with E-state index in [2.05, 4.69) is 10.3 Å². The van der Waals surface area contributed by atoms with Gasteiger partial charge in [0.25, 0.3) is 0 Å².